The first-order chi connectivity index (χ1) is 8.26. The SMILES string of the molecule is CCCCC(CCC)NCC1CCC(C)CC1. The normalized spacial score (nSPS) is 27.0. The van der Waals surface area contributed by atoms with Crippen molar-refractivity contribution in [2.24, 2.45) is 11.8 Å². The van der Waals surface area contributed by atoms with E-state index in [1.807, 2.05) is 0 Å². The number of hydrogen-bond donors (Lipinski definition) is 1. The molecule has 1 unspecified atom stereocenters. The summed E-state index contributed by atoms with van der Waals surface area (Å²) < 4.78 is 0. The van der Waals surface area contributed by atoms with Gasteiger partial charge in [-0.15, -0.1) is 0 Å². The molecule has 0 aromatic carbocycles. The van der Waals surface area contributed by atoms with Gasteiger partial charge in [0.15, 0.2) is 0 Å². The highest BCUT2D eigenvalue weighted by Gasteiger charge is 2.18. The van der Waals surface area contributed by atoms with Crippen molar-refractivity contribution in [3.05, 3.63) is 0 Å². The zero-order valence-electron chi connectivity index (χ0n) is 12.3. The van der Waals surface area contributed by atoms with Crippen molar-refractivity contribution in [3.8, 4) is 0 Å². The summed E-state index contributed by atoms with van der Waals surface area (Å²) in [6, 6.07) is 0.791. The Morgan fingerprint density at radius 2 is 1.71 bits per heavy atom. The summed E-state index contributed by atoms with van der Waals surface area (Å²) in [5.41, 5.74) is 0. The van der Waals surface area contributed by atoms with Gasteiger partial charge in [0.05, 0.1) is 0 Å². The second-order valence-electron chi connectivity index (χ2n) is 6.16. The minimum Gasteiger partial charge on any atom is -0.314 e. The molecular formula is C16H33N. The Hall–Kier alpha value is -0.0400. The molecule has 0 radical (unpaired) electrons. The number of unbranched alkanes of at least 4 members (excludes halogenated alkanes) is 1. The Kier molecular flexibility index (Phi) is 7.92. The Labute approximate surface area is 109 Å². The molecule has 1 nitrogen and oxygen atoms in total. The van der Waals surface area contributed by atoms with Gasteiger partial charge in [0.2, 0.25) is 0 Å². The molecule has 0 bridgehead atoms. The summed E-state index contributed by atoms with van der Waals surface area (Å²) >= 11 is 0. The van der Waals surface area contributed by atoms with E-state index in [1.165, 1.54) is 64.3 Å². The maximum Gasteiger partial charge on any atom is 0.00670 e. The zero-order valence-corrected chi connectivity index (χ0v) is 12.3. The van der Waals surface area contributed by atoms with Crippen molar-refractivity contribution in [3.63, 3.8) is 0 Å². The van der Waals surface area contributed by atoms with E-state index in [9.17, 15) is 0 Å². The average Bonchev–Trinajstić information content (AvgIpc) is 2.35. The first-order valence-corrected chi connectivity index (χ1v) is 7.99. The van der Waals surface area contributed by atoms with E-state index in [0.29, 0.717) is 0 Å². The summed E-state index contributed by atoms with van der Waals surface area (Å²) in [6.45, 7) is 8.29. The van der Waals surface area contributed by atoms with Crippen LogP contribution < -0.4 is 5.32 Å². The largest absolute Gasteiger partial charge is 0.314 e. The monoisotopic (exact) mass is 239 g/mol. The third-order valence-corrected chi connectivity index (χ3v) is 4.37. The second kappa shape index (κ2) is 8.97. The van der Waals surface area contributed by atoms with Crippen LogP contribution in [0, 0.1) is 11.8 Å². The van der Waals surface area contributed by atoms with Crippen LogP contribution in [0.3, 0.4) is 0 Å². The molecule has 0 amide bonds. The Morgan fingerprint density at radius 3 is 2.29 bits per heavy atom. The minimum atomic E-state index is 0.791. The maximum atomic E-state index is 3.84. The van der Waals surface area contributed by atoms with Crippen LogP contribution in [0.25, 0.3) is 0 Å². The Bertz CT molecular complexity index is 170. The van der Waals surface area contributed by atoms with Crippen LogP contribution in [0.1, 0.15) is 78.6 Å². The summed E-state index contributed by atoms with van der Waals surface area (Å²) in [6.07, 6.45) is 12.6. The van der Waals surface area contributed by atoms with Crippen LogP contribution in [-0.4, -0.2) is 12.6 Å². The van der Waals surface area contributed by atoms with Crippen molar-refractivity contribution in [2.45, 2.75) is 84.6 Å². The van der Waals surface area contributed by atoms with E-state index in [0.717, 1.165) is 17.9 Å². The van der Waals surface area contributed by atoms with Crippen LogP contribution in [0.2, 0.25) is 0 Å². The van der Waals surface area contributed by atoms with Crippen LogP contribution in [-0.2, 0) is 0 Å². The predicted octanol–water partition coefficient (Wildman–Crippen LogP) is 4.76. The molecule has 1 saturated carbocycles. The maximum absolute atomic E-state index is 3.84. The van der Waals surface area contributed by atoms with Crippen molar-refractivity contribution >= 4 is 0 Å². The van der Waals surface area contributed by atoms with E-state index in [1.54, 1.807) is 0 Å². The minimum absolute atomic E-state index is 0.791. The van der Waals surface area contributed by atoms with Crippen molar-refractivity contribution in [1.82, 2.24) is 5.32 Å². The lowest BCUT2D eigenvalue weighted by molar-refractivity contribution is 0.268. The molecule has 0 aliphatic heterocycles. The summed E-state index contributed by atoms with van der Waals surface area (Å²) in [5.74, 6) is 1.95. The molecule has 1 N–H and O–H groups in total. The molecule has 0 heterocycles. The molecule has 17 heavy (non-hydrogen) atoms. The molecule has 1 rings (SSSR count). The molecule has 1 atom stereocenters. The molecule has 0 spiro atoms. The van der Waals surface area contributed by atoms with Crippen LogP contribution in [0.15, 0.2) is 0 Å². The highest BCUT2D eigenvalue weighted by Crippen LogP contribution is 2.27. The highest BCUT2D eigenvalue weighted by molar-refractivity contribution is 4.74. The van der Waals surface area contributed by atoms with Crippen LogP contribution in [0.4, 0.5) is 0 Å². The number of rotatable bonds is 8. The van der Waals surface area contributed by atoms with Gasteiger partial charge in [-0.1, -0.05) is 52.9 Å². The lowest BCUT2D eigenvalue weighted by atomic mass is 9.83. The van der Waals surface area contributed by atoms with Crippen LogP contribution >= 0.6 is 0 Å². The fourth-order valence-electron chi connectivity index (χ4n) is 3.01. The Balaban J connectivity index is 2.16. The molecule has 1 fully saturated rings. The third kappa shape index (κ3) is 6.45. The molecule has 1 aliphatic carbocycles. The second-order valence-corrected chi connectivity index (χ2v) is 6.16. The van der Waals surface area contributed by atoms with E-state index < -0.39 is 0 Å². The summed E-state index contributed by atoms with van der Waals surface area (Å²) in [7, 11) is 0. The summed E-state index contributed by atoms with van der Waals surface area (Å²) in [5, 5.41) is 3.84. The molecule has 0 aromatic heterocycles. The molecule has 0 saturated heterocycles. The van der Waals surface area contributed by atoms with Gasteiger partial charge in [-0.05, 0) is 44.1 Å². The van der Waals surface area contributed by atoms with Crippen molar-refractivity contribution in [1.29, 1.82) is 0 Å². The first kappa shape index (κ1) is 15.0. The standard InChI is InChI=1S/C16H33N/c1-4-6-8-16(7-5-2)17-13-15-11-9-14(3)10-12-15/h14-17H,4-13H2,1-3H3. The topological polar surface area (TPSA) is 12.0 Å². The van der Waals surface area contributed by atoms with Crippen molar-refractivity contribution in [2.75, 3.05) is 6.54 Å². The quantitative estimate of drug-likeness (QED) is 0.644. The molecular weight excluding hydrogens is 206 g/mol. The van der Waals surface area contributed by atoms with Crippen LogP contribution in [0.5, 0.6) is 0 Å². The highest BCUT2D eigenvalue weighted by atomic mass is 14.9. The lowest BCUT2D eigenvalue weighted by Gasteiger charge is -2.28. The number of hydrogen-bond acceptors (Lipinski definition) is 1. The smallest absolute Gasteiger partial charge is 0.00670 e. The van der Waals surface area contributed by atoms with Gasteiger partial charge in [-0.2, -0.15) is 0 Å². The average molecular weight is 239 g/mol. The molecule has 102 valence electrons. The predicted molar refractivity (Wildman–Crippen MR) is 77.3 cm³/mol. The third-order valence-electron chi connectivity index (χ3n) is 4.37. The van der Waals surface area contributed by atoms with E-state index in [4.69, 9.17) is 0 Å². The van der Waals surface area contributed by atoms with Crippen molar-refractivity contribution < 1.29 is 0 Å². The zero-order chi connectivity index (χ0) is 12.5. The fraction of sp³-hybridized carbons (Fsp3) is 1.00. The van der Waals surface area contributed by atoms with Gasteiger partial charge in [-0.3, -0.25) is 0 Å². The molecule has 1 heteroatoms. The van der Waals surface area contributed by atoms with Gasteiger partial charge < -0.3 is 5.32 Å². The lowest BCUT2D eigenvalue weighted by Crippen LogP contribution is -2.34. The first-order valence-electron chi connectivity index (χ1n) is 7.99. The van der Waals surface area contributed by atoms with Gasteiger partial charge >= 0.3 is 0 Å². The fourth-order valence-corrected chi connectivity index (χ4v) is 3.01. The van der Waals surface area contributed by atoms with Gasteiger partial charge in [0.25, 0.3) is 0 Å². The van der Waals surface area contributed by atoms with Gasteiger partial charge in [-0.25, -0.2) is 0 Å². The van der Waals surface area contributed by atoms with Gasteiger partial charge in [0, 0.05) is 6.04 Å². The summed E-state index contributed by atoms with van der Waals surface area (Å²) in [4.78, 5) is 0. The number of nitrogens with one attached hydrogen (secondary N) is 1. The Morgan fingerprint density at radius 1 is 1.00 bits per heavy atom. The van der Waals surface area contributed by atoms with E-state index >= 15 is 0 Å². The molecule has 0 aromatic rings. The molecule has 1 aliphatic rings. The van der Waals surface area contributed by atoms with Gasteiger partial charge in [0.1, 0.15) is 0 Å². The van der Waals surface area contributed by atoms with E-state index in [-0.39, 0.29) is 0 Å². The van der Waals surface area contributed by atoms with E-state index in [2.05, 4.69) is 26.1 Å².